The normalized spacial score (nSPS) is 11.8. The van der Waals surface area contributed by atoms with Crippen LogP contribution in [-0.4, -0.2) is 12.3 Å². The molecule has 110 valence electrons. The lowest BCUT2D eigenvalue weighted by Gasteiger charge is -2.13. The highest BCUT2D eigenvalue weighted by atomic mass is 79.9. The number of nitrogens with zero attached hydrogens (tertiary/aromatic N) is 1. The molecule has 0 saturated carbocycles. The van der Waals surface area contributed by atoms with Crippen LogP contribution in [0.3, 0.4) is 0 Å². The molecule has 7 heteroatoms. The maximum absolute atomic E-state index is 12.5. The van der Waals surface area contributed by atoms with Gasteiger partial charge in [-0.25, -0.2) is 0 Å². The van der Waals surface area contributed by atoms with Gasteiger partial charge in [-0.1, -0.05) is 39.7 Å². The molecule has 0 spiro atoms. The fraction of sp³-hybridized carbons (Fsp3) is 0.0714. The van der Waals surface area contributed by atoms with Crippen molar-refractivity contribution in [2.24, 2.45) is 10.9 Å². The second-order valence-electron chi connectivity index (χ2n) is 4.00. The third-order valence-electron chi connectivity index (χ3n) is 2.66. The van der Waals surface area contributed by atoms with Gasteiger partial charge in [0.25, 0.3) is 0 Å². The molecule has 0 aliphatic rings. The van der Waals surface area contributed by atoms with E-state index < -0.39 is 6.61 Å². The van der Waals surface area contributed by atoms with E-state index in [0.717, 1.165) is 0 Å². The van der Waals surface area contributed by atoms with Crippen molar-refractivity contribution in [1.29, 1.82) is 0 Å². The summed E-state index contributed by atoms with van der Waals surface area (Å²) in [7, 11) is 0. The zero-order chi connectivity index (χ0) is 15.4. The third kappa shape index (κ3) is 3.92. The smallest absolute Gasteiger partial charge is 0.387 e. The van der Waals surface area contributed by atoms with Gasteiger partial charge >= 0.3 is 6.61 Å². The Labute approximate surface area is 133 Å². The summed E-state index contributed by atoms with van der Waals surface area (Å²) in [5, 5.41) is 4.24. The van der Waals surface area contributed by atoms with Crippen molar-refractivity contribution in [3.05, 3.63) is 63.1 Å². The van der Waals surface area contributed by atoms with Gasteiger partial charge in [-0.3, -0.25) is 0 Å². The molecule has 0 atom stereocenters. The molecule has 0 radical (unpaired) electrons. The molecule has 0 fully saturated rings. The van der Waals surface area contributed by atoms with Crippen molar-refractivity contribution in [1.82, 2.24) is 0 Å². The lowest BCUT2D eigenvalue weighted by molar-refractivity contribution is -0.0499. The second-order valence-corrected chi connectivity index (χ2v) is 5.36. The van der Waals surface area contributed by atoms with Crippen LogP contribution >= 0.6 is 27.5 Å². The van der Waals surface area contributed by atoms with E-state index in [2.05, 4.69) is 25.8 Å². The lowest BCUT2D eigenvalue weighted by atomic mass is 10.0. The fourth-order valence-corrected chi connectivity index (χ4v) is 2.26. The minimum Gasteiger partial charge on any atom is -0.434 e. The number of benzene rings is 2. The van der Waals surface area contributed by atoms with Crippen LogP contribution in [0, 0.1) is 0 Å². The molecule has 0 saturated heterocycles. The Hall–Kier alpha value is -1.66. The van der Waals surface area contributed by atoms with Gasteiger partial charge in [-0.2, -0.15) is 13.9 Å². The number of nitrogens with two attached hydrogens (primary N) is 1. The number of ether oxygens (including phenoxy) is 1. The van der Waals surface area contributed by atoms with Gasteiger partial charge in [-0.05, 0) is 30.3 Å². The van der Waals surface area contributed by atoms with Gasteiger partial charge in [0.2, 0.25) is 0 Å². The SMILES string of the molecule is NN=C(c1ccc(Cl)cc1)c1ccc(Br)cc1OC(F)F. The Morgan fingerprint density at radius 2 is 1.86 bits per heavy atom. The summed E-state index contributed by atoms with van der Waals surface area (Å²) in [5.41, 5.74) is 1.33. The molecule has 3 nitrogen and oxygen atoms in total. The number of alkyl halides is 2. The van der Waals surface area contributed by atoms with Crippen molar-refractivity contribution in [2.45, 2.75) is 6.61 Å². The standard InChI is InChI=1S/C14H10BrClF2N2O/c15-9-3-6-11(12(7-9)21-14(17)18)13(20-19)8-1-4-10(16)5-2-8/h1-7,14H,19H2. The molecule has 0 unspecified atom stereocenters. The van der Waals surface area contributed by atoms with Gasteiger partial charge in [-0.15, -0.1) is 0 Å². The van der Waals surface area contributed by atoms with Crippen LogP contribution in [0.25, 0.3) is 0 Å². The van der Waals surface area contributed by atoms with E-state index in [1.807, 2.05) is 0 Å². The minimum atomic E-state index is -2.94. The molecule has 0 bridgehead atoms. The summed E-state index contributed by atoms with van der Waals surface area (Å²) in [6, 6.07) is 11.4. The summed E-state index contributed by atoms with van der Waals surface area (Å²) in [6.45, 7) is -2.94. The average molecular weight is 376 g/mol. The summed E-state index contributed by atoms with van der Waals surface area (Å²) in [6.07, 6.45) is 0. The molecule has 2 rings (SSSR count). The zero-order valence-electron chi connectivity index (χ0n) is 10.6. The van der Waals surface area contributed by atoms with Crippen molar-refractivity contribution in [2.75, 3.05) is 0 Å². The maximum atomic E-state index is 12.5. The molecule has 2 N–H and O–H groups in total. The van der Waals surface area contributed by atoms with Crippen molar-refractivity contribution < 1.29 is 13.5 Å². The first-order valence-corrected chi connectivity index (χ1v) is 6.97. The fourth-order valence-electron chi connectivity index (χ4n) is 1.79. The van der Waals surface area contributed by atoms with Crippen LogP contribution in [-0.2, 0) is 0 Å². The number of halogens is 4. The van der Waals surface area contributed by atoms with Crippen LogP contribution in [0.1, 0.15) is 11.1 Å². The highest BCUT2D eigenvalue weighted by molar-refractivity contribution is 9.10. The molecule has 2 aromatic rings. The number of hydrogen-bond donors (Lipinski definition) is 1. The van der Waals surface area contributed by atoms with E-state index in [1.165, 1.54) is 6.07 Å². The van der Waals surface area contributed by atoms with E-state index in [0.29, 0.717) is 26.3 Å². The van der Waals surface area contributed by atoms with Crippen molar-refractivity contribution >= 4 is 33.2 Å². The van der Waals surface area contributed by atoms with Crippen LogP contribution in [0.2, 0.25) is 5.02 Å². The average Bonchev–Trinajstić information content (AvgIpc) is 2.43. The number of hydrogen-bond acceptors (Lipinski definition) is 3. The molecular formula is C14H10BrClF2N2O. The monoisotopic (exact) mass is 374 g/mol. The molecule has 0 aliphatic carbocycles. The molecule has 21 heavy (non-hydrogen) atoms. The van der Waals surface area contributed by atoms with Crippen molar-refractivity contribution in [3.8, 4) is 5.75 Å². The molecule has 0 heterocycles. The summed E-state index contributed by atoms with van der Waals surface area (Å²) < 4.78 is 30.2. The first kappa shape index (κ1) is 15.7. The molecule has 0 aliphatic heterocycles. The molecule has 2 aromatic carbocycles. The van der Waals surface area contributed by atoms with Gasteiger partial charge in [0.05, 0.1) is 0 Å². The summed E-state index contributed by atoms with van der Waals surface area (Å²) in [4.78, 5) is 0. The number of rotatable bonds is 4. The maximum Gasteiger partial charge on any atom is 0.387 e. The summed E-state index contributed by atoms with van der Waals surface area (Å²) >= 11 is 9.03. The topological polar surface area (TPSA) is 47.6 Å². The first-order chi connectivity index (χ1) is 10.0. The Kier molecular flexibility index (Phi) is 5.14. The highest BCUT2D eigenvalue weighted by Crippen LogP contribution is 2.28. The molecule has 0 aromatic heterocycles. The first-order valence-electron chi connectivity index (χ1n) is 5.80. The van der Waals surface area contributed by atoms with Crippen LogP contribution < -0.4 is 10.6 Å². The lowest BCUT2D eigenvalue weighted by Crippen LogP contribution is -2.11. The second kappa shape index (κ2) is 6.87. The van der Waals surface area contributed by atoms with Crippen molar-refractivity contribution in [3.63, 3.8) is 0 Å². The highest BCUT2D eigenvalue weighted by Gasteiger charge is 2.16. The van der Waals surface area contributed by atoms with E-state index >= 15 is 0 Å². The predicted octanol–water partition coefficient (Wildman–Crippen LogP) is 4.42. The minimum absolute atomic E-state index is 0.0153. The summed E-state index contributed by atoms with van der Waals surface area (Å²) in [5.74, 6) is 5.40. The predicted molar refractivity (Wildman–Crippen MR) is 82.1 cm³/mol. The number of hydrazone groups is 1. The van der Waals surface area contributed by atoms with E-state index in [9.17, 15) is 8.78 Å². The Bertz CT molecular complexity index is 663. The van der Waals surface area contributed by atoms with Gasteiger partial charge in [0.15, 0.2) is 0 Å². The largest absolute Gasteiger partial charge is 0.434 e. The zero-order valence-corrected chi connectivity index (χ0v) is 12.9. The Balaban J connectivity index is 2.49. The van der Waals surface area contributed by atoms with E-state index in [-0.39, 0.29) is 5.75 Å². The van der Waals surface area contributed by atoms with E-state index in [4.69, 9.17) is 17.4 Å². The quantitative estimate of drug-likeness (QED) is 0.489. The molecule has 0 amide bonds. The van der Waals surface area contributed by atoms with Crippen LogP contribution in [0.4, 0.5) is 8.78 Å². The Morgan fingerprint density at radius 3 is 2.43 bits per heavy atom. The van der Waals surface area contributed by atoms with Crippen LogP contribution in [0.15, 0.2) is 52.0 Å². The van der Waals surface area contributed by atoms with E-state index in [1.54, 1.807) is 36.4 Å². The van der Waals surface area contributed by atoms with Gasteiger partial charge in [0, 0.05) is 20.6 Å². The van der Waals surface area contributed by atoms with Gasteiger partial charge in [0.1, 0.15) is 11.5 Å². The van der Waals surface area contributed by atoms with Gasteiger partial charge < -0.3 is 10.6 Å². The Morgan fingerprint density at radius 1 is 1.19 bits per heavy atom. The van der Waals surface area contributed by atoms with Crippen LogP contribution in [0.5, 0.6) is 5.75 Å². The third-order valence-corrected chi connectivity index (χ3v) is 3.41. The molecular weight excluding hydrogens is 366 g/mol.